The molecule has 0 aromatic heterocycles. The second kappa shape index (κ2) is 9.97. The van der Waals surface area contributed by atoms with Crippen LogP contribution in [0.25, 0.3) is 10.8 Å². The molecule has 1 fully saturated rings. The Morgan fingerprint density at radius 3 is 2.62 bits per heavy atom. The number of hydrogen-bond acceptors (Lipinski definition) is 5. The van der Waals surface area contributed by atoms with Gasteiger partial charge in [-0.25, -0.2) is 0 Å². The summed E-state index contributed by atoms with van der Waals surface area (Å²) in [5.41, 5.74) is 1.81. The number of benzene rings is 3. The molecule has 4 rings (SSSR count). The first-order valence-electron chi connectivity index (χ1n) is 10.0. The average molecular weight is 465 g/mol. The van der Waals surface area contributed by atoms with Crippen molar-refractivity contribution in [2.24, 2.45) is 10.1 Å². The summed E-state index contributed by atoms with van der Waals surface area (Å²) in [6, 6.07) is 21.3. The summed E-state index contributed by atoms with van der Waals surface area (Å²) in [6.07, 6.45) is 1.69. The summed E-state index contributed by atoms with van der Waals surface area (Å²) in [6.45, 7) is 0.375. The molecule has 3 aromatic carbocycles. The molecule has 0 bridgehead atoms. The van der Waals surface area contributed by atoms with E-state index in [2.05, 4.69) is 15.4 Å². The van der Waals surface area contributed by atoms with E-state index in [1.807, 2.05) is 54.6 Å². The van der Waals surface area contributed by atoms with Crippen molar-refractivity contribution >= 4 is 57.3 Å². The summed E-state index contributed by atoms with van der Waals surface area (Å²) in [7, 11) is 1.61. The largest absolute Gasteiger partial charge is 0.352 e. The topological polar surface area (TPSA) is 74.1 Å². The Balaban J connectivity index is 1.39. The normalized spacial score (nSPS) is 17.6. The van der Waals surface area contributed by atoms with Gasteiger partial charge in [-0.05, 0) is 40.1 Å². The second-order valence-corrected chi connectivity index (χ2v) is 8.83. The van der Waals surface area contributed by atoms with E-state index < -0.39 is 5.25 Å². The molecule has 1 N–H and O–H groups in total. The molecule has 0 radical (unpaired) electrons. The fourth-order valence-corrected chi connectivity index (χ4v) is 4.46. The van der Waals surface area contributed by atoms with E-state index in [1.54, 1.807) is 25.4 Å². The van der Waals surface area contributed by atoms with Crippen LogP contribution in [0.2, 0.25) is 5.02 Å². The van der Waals surface area contributed by atoms with Crippen molar-refractivity contribution in [1.29, 1.82) is 0 Å². The molecule has 1 heterocycles. The Labute approximate surface area is 195 Å². The third-order valence-corrected chi connectivity index (χ3v) is 6.44. The van der Waals surface area contributed by atoms with Crippen LogP contribution in [0.3, 0.4) is 0 Å². The van der Waals surface area contributed by atoms with Gasteiger partial charge in [0.15, 0.2) is 5.17 Å². The maximum atomic E-state index is 12.9. The van der Waals surface area contributed by atoms with E-state index in [0.29, 0.717) is 16.7 Å². The van der Waals surface area contributed by atoms with Gasteiger partial charge in [0.1, 0.15) is 5.25 Å². The van der Waals surface area contributed by atoms with Crippen LogP contribution in [0, 0.1) is 0 Å². The molecule has 1 aliphatic heterocycles. The lowest BCUT2D eigenvalue weighted by molar-refractivity contribution is -0.129. The Hall–Kier alpha value is -3.16. The van der Waals surface area contributed by atoms with Gasteiger partial charge >= 0.3 is 0 Å². The van der Waals surface area contributed by atoms with Gasteiger partial charge in [0.05, 0.1) is 6.21 Å². The van der Waals surface area contributed by atoms with Crippen LogP contribution < -0.4 is 5.32 Å². The Kier molecular flexibility index (Phi) is 6.87. The predicted molar refractivity (Wildman–Crippen MR) is 131 cm³/mol. The van der Waals surface area contributed by atoms with Gasteiger partial charge in [0, 0.05) is 25.0 Å². The lowest BCUT2D eigenvalue weighted by atomic mass is 10.1. The molecule has 6 nitrogen and oxygen atoms in total. The summed E-state index contributed by atoms with van der Waals surface area (Å²) in [5.74, 6) is -0.462. The van der Waals surface area contributed by atoms with Crippen molar-refractivity contribution in [2.45, 2.75) is 18.2 Å². The Bertz CT molecular complexity index is 1210. The monoisotopic (exact) mass is 464 g/mol. The summed E-state index contributed by atoms with van der Waals surface area (Å²) in [5, 5.41) is 11.3. The van der Waals surface area contributed by atoms with Crippen LogP contribution in [0.4, 0.5) is 0 Å². The molecule has 0 spiro atoms. The number of nitrogens with zero attached hydrogens (tertiary/aromatic N) is 3. The molecule has 8 heteroatoms. The van der Waals surface area contributed by atoms with E-state index in [1.165, 1.54) is 16.8 Å². The van der Waals surface area contributed by atoms with Crippen LogP contribution in [-0.2, 0) is 16.1 Å². The predicted octanol–water partition coefficient (Wildman–Crippen LogP) is 4.46. The molecule has 1 unspecified atom stereocenters. The lowest BCUT2D eigenvalue weighted by Gasteiger charge is -2.10. The highest BCUT2D eigenvalue weighted by molar-refractivity contribution is 8.15. The van der Waals surface area contributed by atoms with Crippen molar-refractivity contribution in [1.82, 2.24) is 10.3 Å². The lowest BCUT2D eigenvalue weighted by Crippen LogP contribution is -2.32. The van der Waals surface area contributed by atoms with Crippen LogP contribution >= 0.6 is 23.4 Å². The van der Waals surface area contributed by atoms with E-state index in [-0.39, 0.29) is 18.2 Å². The SMILES string of the molecule is CN=C1SC(CC(=O)NCc2ccc(Cl)cc2)C(=O)N1N=Cc1ccc2ccccc2c1. The number of hydrazone groups is 1. The zero-order valence-electron chi connectivity index (χ0n) is 17.4. The van der Waals surface area contributed by atoms with Gasteiger partial charge in [-0.15, -0.1) is 0 Å². The third-order valence-electron chi connectivity index (χ3n) is 4.97. The van der Waals surface area contributed by atoms with Crippen molar-refractivity contribution in [2.75, 3.05) is 7.05 Å². The van der Waals surface area contributed by atoms with Crippen LogP contribution in [0.1, 0.15) is 17.5 Å². The summed E-state index contributed by atoms with van der Waals surface area (Å²) in [4.78, 5) is 29.4. The van der Waals surface area contributed by atoms with E-state index in [4.69, 9.17) is 11.6 Å². The quantitative estimate of drug-likeness (QED) is 0.547. The second-order valence-electron chi connectivity index (χ2n) is 7.22. The standard InChI is InChI=1S/C24H21ClN4O2S/c1-26-24-29(28-15-17-6-9-18-4-2-3-5-19(18)12-17)23(31)21(32-24)13-22(30)27-14-16-7-10-20(25)11-8-16/h2-12,15,21H,13-14H2,1H3,(H,27,30). The number of amides is 2. The Morgan fingerprint density at radius 2 is 1.88 bits per heavy atom. The van der Waals surface area contributed by atoms with Gasteiger partial charge in [0.25, 0.3) is 5.91 Å². The highest BCUT2D eigenvalue weighted by Crippen LogP contribution is 2.29. The molecule has 0 saturated carbocycles. The minimum absolute atomic E-state index is 0.0537. The number of halogens is 1. The summed E-state index contributed by atoms with van der Waals surface area (Å²) >= 11 is 7.13. The van der Waals surface area contributed by atoms with E-state index >= 15 is 0 Å². The number of aliphatic imine (C=N–C) groups is 1. The molecule has 1 aliphatic rings. The molecule has 32 heavy (non-hydrogen) atoms. The number of hydrogen-bond donors (Lipinski definition) is 1. The maximum Gasteiger partial charge on any atom is 0.263 e. The van der Waals surface area contributed by atoms with Gasteiger partial charge in [-0.3, -0.25) is 14.6 Å². The molecule has 3 aromatic rings. The smallest absolute Gasteiger partial charge is 0.263 e. The minimum atomic E-state index is -0.562. The number of rotatable bonds is 6. The first kappa shape index (κ1) is 22.0. The van der Waals surface area contributed by atoms with Crippen LogP contribution in [0.15, 0.2) is 76.8 Å². The first-order chi connectivity index (χ1) is 15.5. The fraction of sp³-hybridized carbons (Fsp3) is 0.167. The van der Waals surface area contributed by atoms with Crippen molar-refractivity contribution in [3.05, 3.63) is 82.9 Å². The summed E-state index contributed by atoms with van der Waals surface area (Å²) < 4.78 is 0. The Morgan fingerprint density at radius 1 is 1.12 bits per heavy atom. The number of amidine groups is 1. The number of fused-ring (bicyclic) bond motifs is 1. The number of carbonyl (C=O) groups is 2. The molecule has 162 valence electrons. The number of carbonyl (C=O) groups excluding carboxylic acids is 2. The molecule has 1 saturated heterocycles. The molecule has 1 atom stereocenters. The van der Waals surface area contributed by atoms with Gasteiger partial charge in [-0.1, -0.05) is 71.9 Å². The fourth-order valence-electron chi connectivity index (χ4n) is 3.30. The zero-order chi connectivity index (χ0) is 22.5. The molecule has 0 aliphatic carbocycles. The number of nitrogens with one attached hydrogen (secondary N) is 1. The zero-order valence-corrected chi connectivity index (χ0v) is 18.9. The van der Waals surface area contributed by atoms with Gasteiger partial charge < -0.3 is 5.32 Å². The number of thioether (sulfide) groups is 1. The van der Waals surface area contributed by atoms with Gasteiger partial charge in [-0.2, -0.15) is 10.1 Å². The minimum Gasteiger partial charge on any atom is -0.352 e. The van der Waals surface area contributed by atoms with E-state index in [9.17, 15) is 9.59 Å². The molecular weight excluding hydrogens is 444 g/mol. The average Bonchev–Trinajstić information content (AvgIpc) is 3.11. The first-order valence-corrected chi connectivity index (χ1v) is 11.3. The van der Waals surface area contributed by atoms with Crippen molar-refractivity contribution in [3.8, 4) is 0 Å². The molecule has 2 amide bonds. The van der Waals surface area contributed by atoms with Crippen molar-refractivity contribution < 1.29 is 9.59 Å². The highest BCUT2D eigenvalue weighted by atomic mass is 35.5. The highest BCUT2D eigenvalue weighted by Gasteiger charge is 2.39. The van der Waals surface area contributed by atoms with Crippen LogP contribution in [0.5, 0.6) is 0 Å². The molecular formula is C24H21ClN4O2S. The van der Waals surface area contributed by atoms with Gasteiger partial charge in [0.2, 0.25) is 5.91 Å². The third kappa shape index (κ3) is 5.18. The van der Waals surface area contributed by atoms with E-state index in [0.717, 1.165) is 21.9 Å². The van der Waals surface area contributed by atoms with Crippen molar-refractivity contribution in [3.63, 3.8) is 0 Å². The maximum absolute atomic E-state index is 12.9. The van der Waals surface area contributed by atoms with Crippen LogP contribution in [-0.4, -0.2) is 40.5 Å².